The fourth-order valence-corrected chi connectivity index (χ4v) is 3.18. The van der Waals surface area contributed by atoms with Gasteiger partial charge in [-0.25, -0.2) is 13.6 Å². The summed E-state index contributed by atoms with van der Waals surface area (Å²) in [6.45, 7) is 0.0114. The lowest BCUT2D eigenvalue weighted by Crippen LogP contribution is -2.44. The first kappa shape index (κ1) is 18.7. The number of nitrogens with zero attached hydrogens (tertiary/aromatic N) is 1. The molecule has 1 amide bonds. The molecule has 1 aromatic rings. The average Bonchev–Trinajstić information content (AvgIpc) is 2.46. The molecule has 6 nitrogen and oxygen atoms in total. The second-order valence-corrected chi connectivity index (χ2v) is 7.30. The maximum absolute atomic E-state index is 12.8. The van der Waals surface area contributed by atoms with Crippen molar-refractivity contribution in [2.75, 3.05) is 25.0 Å². The van der Waals surface area contributed by atoms with Crippen molar-refractivity contribution in [2.24, 2.45) is 11.1 Å². The highest BCUT2D eigenvalue weighted by Crippen LogP contribution is 2.32. The lowest BCUT2D eigenvalue weighted by atomic mass is 9.97. The molecule has 1 aliphatic rings. The van der Waals surface area contributed by atoms with Crippen LogP contribution in [-0.4, -0.2) is 45.0 Å². The highest BCUT2D eigenvalue weighted by atomic mass is 32.2. The second-order valence-electron chi connectivity index (χ2n) is 5.74. The third-order valence-electron chi connectivity index (χ3n) is 3.78. The summed E-state index contributed by atoms with van der Waals surface area (Å²) in [4.78, 5) is 13.3. The molecule has 0 bridgehead atoms. The van der Waals surface area contributed by atoms with E-state index in [1.807, 2.05) is 0 Å². The summed E-state index contributed by atoms with van der Waals surface area (Å²) in [5.74, 6) is -1.94. The number of primary sulfonamides is 1. The summed E-state index contributed by atoms with van der Waals surface area (Å²) in [7, 11) is -3.90. The Labute approximate surface area is 137 Å². The normalized spacial score (nSPS) is 19.9. The van der Waals surface area contributed by atoms with E-state index in [1.54, 1.807) is 0 Å². The van der Waals surface area contributed by atoms with Gasteiger partial charge >= 0.3 is 6.18 Å². The molecule has 0 radical (unpaired) electrons. The molecule has 1 heterocycles. The van der Waals surface area contributed by atoms with Gasteiger partial charge in [-0.1, -0.05) is 6.07 Å². The average molecular weight is 365 g/mol. The lowest BCUT2D eigenvalue weighted by Gasteiger charge is -2.33. The van der Waals surface area contributed by atoms with Crippen LogP contribution in [0.3, 0.4) is 0 Å². The summed E-state index contributed by atoms with van der Waals surface area (Å²) >= 11 is 0. The van der Waals surface area contributed by atoms with Crippen molar-refractivity contribution in [2.45, 2.75) is 23.9 Å². The van der Waals surface area contributed by atoms with Crippen molar-refractivity contribution in [3.05, 3.63) is 24.3 Å². The minimum atomic E-state index is -4.26. The minimum absolute atomic E-state index is 0.0675. The van der Waals surface area contributed by atoms with E-state index in [0.717, 1.165) is 0 Å². The highest BCUT2D eigenvalue weighted by molar-refractivity contribution is 7.89. The van der Waals surface area contributed by atoms with Crippen LogP contribution in [0.4, 0.5) is 18.9 Å². The number of carbonyl (C=O) groups is 1. The summed E-state index contributed by atoms with van der Waals surface area (Å²) in [5.41, 5.74) is 0.218. The summed E-state index contributed by atoms with van der Waals surface area (Å²) < 4.78 is 60.8. The lowest BCUT2D eigenvalue weighted by molar-refractivity contribution is -0.186. The highest BCUT2D eigenvalue weighted by Gasteiger charge is 2.41. The van der Waals surface area contributed by atoms with Gasteiger partial charge in [-0.05, 0) is 37.6 Å². The number of sulfonamides is 1. The largest absolute Gasteiger partial charge is 0.393 e. The van der Waals surface area contributed by atoms with Crippen LogP contribution in [0.2, 0.25) is 0 Å². The van der Waals surface area contributed by atoms with Crippen LogP contribution in [0, 0.1) is 5.92 Å². The maximum atomic E-state index is 12.8. The standard InChI is InChI=1S/C14H18F3N3O3S/c15-14(16,17)10-3-2-6-20(8-10)9-13(21)19-11-4-1-5-12(7-11)24(18,22)23/h1,4-5,7,10H,2-3,6,8-9H2,(H,19,21)(H2,18,22,23). The number of halogens is 3. The van der Waals surface area contributed by atoms with E-state index in [4.69, 9.17) is 5.14 Å². The number of amides is 1. The Kier molecular flexibility index (Phi) is 5.51. The molecule has 134 valence electrons. The molecule has 0 spiro atoms. The van der Waals surface area contributed by atoms with Crippen LogP contribution in [0.25, 0.3) is 0 Å². The molecular weight excluding hydrogens is 347 g/mol. The van der Waals surface area contributed by atoms with Crippen LogP contribution in [0.5, 0.6) is 0 Å². The number of nitrogens with one attached hydrogen (secondary N) is 1. The zero-order valence-corrected chi connectivity index (χ0v) is 13.5. The van der Waals surface area contributed by atoms with Gasteiger partial charge in [-0.3, -0.25) is 9.69 Å². The van der Waals surface area contributed by atoms with Crippen molar-refractivity contribution in [1.29, 1.82) is 0 Å². The van der Waals surface area contributed by atoms with Gasteiger partial charge in [0.2, 0.25) is 15.9 Å². The summed E-state index contributed by atoms with van der Waals surface area (Å²) in [6, 6.07) is 5.36. The van der Waals surface area contributed by atoms with Gasteiger partial charge in [0.25, 0.3) is 0 Å². The number of alkyl halides is 3. The molecule has 3 N–H and O–H groups in total. The SMILES string of the molecule is NS(=O)(=O)c1cccc(NC(=O)CN2CCCC(C(F)(F)F)C2)c1. The number of piperidine rings is 1. The van der Waals surface area contributed by atoms with Gasteiger partial charge in [-0.15, -0.1) is 0 Å². The Balaban J connectivity index is 1.96. The monoisotopic (exact) mass is 365 g/mol. The summed E-state index contributed by atoms with van der Waals surface area (Å²) in [5, 5.41) is 7.48. The van der Waals surface area contributed by atoms with Crippen LogP contribution in [0.1, 0.15) is 12.8 Å². The Bertz CT molecular complexity index is 707. The predicted molar refractivity (Wildman–Crippen MR) is 81.7 cm³/mol. The quantitative estimate of drug-likeness (QED) is 0.847. The number of hydrogen-bond donors (Lipinski definition) is 2. The van der Waals surface area contributed by atoms with Gasteiger partial charge in [0.15, 0.2) is 0 Å². The molecule has 24 heavy (non-hydrogen) atoms. The number of benzene rings is 1. The molecule has 0 aliphatic carbocycles. The number of rotatable bonds is 4. The molecule has 1 aromatic carbocycles. The molecule has 1 saturated heterocycles. The van der Waals surface area contributed by atoms with Crippen LogP contribution < -0.4 is 10.5 Å². The van der Waals surface area contributed by atoms with Crippen molar-refractivity contribution in [3.8, 4) is 0 Å². The Hall–Kier alpha value is -1.65. The second kappa shape index (κ2) is 7.08. The maximum Gasteiger partial charge on any atom is 0.393 e. The Morgan fingerprint density at radius 2 is 2.08 bits per heavy atom. The summed E-state index contributed by atoms with van der Waals surface area (Å²) in [6.07, 6.45) is -3.82. The molecule has 0 saturated carbocycles. The third kappa shape index (κ3) is 5.18. The predicted octanol–water partition coefficient (Wildman–Crippen LogP) is 1.55. The van der Waals surface area contributed by atoms with Crippen molar-refractivity contribution >= 4 is 21.6 Å². The Morgan fingerprint density at radius 3 is 2.71 bits per heavy atom. The van der Waals surface area contributed by atoms with Crippen molar-refractivity contribution in [3.63, 3.8) is 0 Å². The number of carbonyl (C=O) groups excluding carboxylic acids is 1. The fourth-order valence-electron chi connectivity index (χ4n) is 2.62. The zero-order chi connectivity index (χ0) is 18.0. The minimum Gasteiger partial charge on any atom is -0.325 e. The Morgan fingerprint density at radius 1 is 1.38 bits per heavy atom. The number of nitrogens with two attached hydrogens (primary N) is 1. The first-order valence-electron chi connectivity index (χ1n) is 7.27. The first-order chi connectivity index (χ1) is 11.1. The van der Waals surface area contributed by atoms with E-state index >= 15 is 0 Å². The number of hydrogen-bond acceptors (Lipinski definition) is 4. The van der Waals surface area contributed by atoms with Gasteiger partial charge < -0.3 is 5.32 Å². The molecule has 10 heteroatoms. The first-order valence-corrected chi connectivity index (χ1v) is 8.82. The third-order valence-corrected chi connectivity index (χ3v) is 4.69. The molecule has 1 aliphatic heterocycles. The topological polar surface area (TPSA) is 92.5 Å². The van der Waals surface area contributed by atoms with E-state index in [-0.39, 0.29) is 30.1 Å². The van der Waals surface area contributed by atoms with Crippen LogP contribution in [0.15, 0.2) is 29.2 Å². The number of anilines is 1. The van der Waals surface area contributed by atoms with E-state index in [2.05, 4.69) is 5.32 Å². The van der Waals surface area contributed by atoms with Gasteiger partial charge in [0, 0.05) is 12.2 Å². The van der Waals surface area contributed by atoms with Crippen molar-refractivity contribution in [1.82, 2.24) is 4.90 Å². The van der Waals surface area contributed by atoms with Gasteiger partial charge in [-0.2, -0.15) is 13.2 Å². The zero-order valence-electron chi connectivity index (χ0n) is 12.7. The van der Waals surface area contributed by atoms with E-state index < -0.39 is 28.0 Å². The molecular formula is C14H18F3N3O3S. The van der Waals surface area contributed by atoms with Crippen LogP contribution >= 0.6 is 0 Å². The van der Waals surface area contributed by atoms with Crippen molar-refractivity contribution < 1.29 is 26.4 Å². The number of likely N-dealkylation sites (tertiary alicyclic amines) is 1. The van der Waals surface area contributed by atoms with Gasteiger partial charge in [0.05, 0.1) is 17.4 Å². The van der Waals surface area contributed by atoms with E-state index in [9.17, 15) is 26.4 Å². The smallest absolute Gasteiger partial charge is 0.325 e. The molecule has 0 aromatic heterocycles. The molecule has 1 fully saturated rings. The van der Waals surface area contributed by atoms with Gasteiger partial charge in [0.1, 0.15) is 0 Å². The fraction of sp³-hybridized carbons (Fsp3) is 0.500. The molecule has 1 unspecified atom stereocenters. The van der Waals surface area contributed by atoms with E-state index in [0.29, 0.717) is 13.0 Å². The molecule has 2 rings (SSSR count). The van der Waals surface area contributed by atoms with Crippen LogP contribution in [-0.2, 0) is 14.8 Å². The molecule has 1 atom stereocenters. The van der Waals surface area contributed by atoms with E-state index in [1.165, 1.54) is 29.2 Å².